The average molecular weight is 224 g/mol. The monoisotopic (exact) mass is 224 g/mol. The average Bonchev–Trinajstić information content (AvgIpc) is 2.25. The van der Waals surface area contributed by atoms with Gasteiger partial charge in [-0.05, 0) is 12.1 Å². The van der Waals surface area contributed by atoms with Gasteiger partial charge in [-0.3, -0.25) is 9.78 Å². The molecule has 0 spiro atoms. The maximum absolute atomic E-state index is 10.3. The standard InChI is InChI=1S/C11H16N2O3/c14-10(7-11(15)16)8-12-6-4-9-3-1-2-5-13-9/h1-3,5,10,12,14H,4,6-8H2,(H,15,16). The van der Waals surface area contributed by atoms with Crippen LogP contribution in [0.5, 0.6) is 0 Å². The number of hydrogen-bond donors (Lipinski definition) is 3. The molecule has 0 aliphatic heterocycles. The van der Waals surface area contributed by atoms with Crippen LogP contribution in [0, 0.1) is 0 Å². The van der Waals surface area contributed by atoms with Crippen LogP contribution in [0.4, 0.5) is 0 Å². The van der Waals surface area contributed by atoms with E-state index in [-0.39, 0.29) is 6.42 Å². The Balaban J connectivity index is 2.10. The molecule has 0 aromatic carbocycles. The number of aromatic nitrogens is 1. The van der Waals surface area contributed by atoms with Gasteiger partial charge in [0.15, 0.2) is 0 Å². The summed E-state index contributed by atoms with van der Waals surface area (Å²) in [7, 11) is 0. The predicted molar refractivity (Wildman–Crippen MR) is 59.1 cm³/mol. The summed E-state index contributed by atoms with van der Waals surface area (Å²) >= 11 is 0. The van der Waals surface area contributed by atoms with Crippen molar-refractivity contribution in [3.05, 3.63) is 30.1 Å². The zero-order valence-electron chi connectivity index (χ0n) is 8.97. The van der Waals surface area contributed by atoms with E-state index in [0.717, 1.165) is 12.1 Å². The van der Waals surface area contributed by atoms with Crippen LogP contribution in [0.3, 0.4) is 0 Å². The van der Waals surface area contributed by atoms with Crippen LogP contribution in [0.1, 0.15) is 12.1 Å². The maximum atomic E-state index is 10.3. The van der Waals surface area contributed by atoms with Crippen LogP contribution in [0.2, 0.25) is 0 Å². The molecule has 5 heteroatoms. The quantitative estimate of drug-likeness (QED) is 0.570. The number of aliphatic carboxylic acids is 1. The van der Waals surface area contributed by atoms with Crippen molar-refractivity contribution in [1.82, 2.24) is 10.3 Å². The SMILES string of the molecule is O=C(O)CC(O)CNCCc1ccccn1. The molecule has 0 saturated carbocycles. The number of pyridine rings is 1. The number of aliphatic hydroxyl groups excluding tert-OH is 1. The second-order valence-electron chi connectivity index (χ2n) is 3.53. The van der Waals surface area contributed by atoms with Gasteiger partial charge in [0.25, 0.3) is 0 Å². The Morgan fingerprint density at radius 1 is 1.50 bits per heavy atom. The van der Waals surface area contributed by atoms with Crippen LogP contribution in [-0.4, -0.2) is 40.4 Å². The fourth-order valence-electron chi connectivity index (χ4n) is 1.30. The third-order valence-corrected chi connectivity index (χ3v) is 2.07. The van der Waals surface area contributed by atoms with E-state index in [0.29, 0.717) is 13.1 Å². The van der Waals surface area contributed by atoms with E-state index in [2.05, 4.69) is 10.3 Å². The molecule has 3 N–H and O–H groups in total. The molecule has 1 rings (SSSR count). The van der Waals surface area contributed by atoms with E-state index in [9.17, 15) is 9.90 Å². The number of nitrogens with one attached hydrogen (secondary N) is 1. The second kappa shape index (κ2) is 6.92. The van der Waals surface area contributed by atoms with Gasteiger partial charge in [-0.1, -0.05) is 6.07 Å². The first-order valence-corrected chi connectivity index (χ1v) is 5.19. The van der Waals surface area contributed by atoms with Gasteiger partial charge in [-0.2, -0.15) is 0 Å². The summed E-state index contributed by atoms with van der Waals surface area (Å²) in [6, 6.07) is 5.70. The minimum Gasteiger partial charge on any atom is -0.481 e. The molecule has 0 amide bonds. The first kappa shape index (κ1) is 12.6. The highest BCUT2D eigenvalue weighted by atomic mass is 16.4. The first-order chi connectivity index (χ1) is 7.68. The van der Waals surface area contributed by atoms with Gasteiger partial charge in [0.1, 0.15) is 0 Å². The number of rotatable bonds is 7. The summed E-state index contributed by atoms with van der Waals surface area (Å²) in [5.74, 6) is -0.987. The van der Waals surface area contributed by atoms with Crippen molar-refractivity contribution >= 4 is 5.97 Å². The molecule has 5 nitrogen and oxygen atoms in total. The summed E-state index contributed by atoms with van der Waals surface area (Å²) in [6.45, 7) is 0.965. The Kier molecular flexibility index (Phi) is 5.45. The van der Waals surface area contributed by atoms with Gasteiger partial charge >= 0.3 is 5.97 Å². The van der Waals surface area contributed by atoms with Crippen LogP contribution in [0.15, 0.2) is 24.4 Å². The summed E-state index contributed by atoms with van der Waals surface area (Å²) in [5.41, 5.74) is 0.975. The van der Waals surface area contributed by atoms with Crippen molar-refractivity contribution in [2.75, 3.05) is 13.1 Å². The Bertz CT molecular complexity index is 316. The molecular formula is C11H16N2O3. The number of aliphatic hydroxyl groups is 1. The molecular weight excluding hydrogens is 208 g/mol. The lowest BCUT2D eigenvalue weighted by atomic mass is 10.2. The van der Waals surface area contributed by atoms with E-state index >= 15 is 0 Å². The van der Waals surface area contributed by atoms with Crippen molar-refractivity contribution in [1.29, 1.82) is 0 Å². The van der Waals surface area contributed by atoms with Crippen molar-refractivity contribution in [3.63, 3.8) is 0 Å². The predicted octanol–water partition coefficient (Wildman–Crippen LogP) is 0.0493. The number of carbonyl (C=O) groups is 1. The highest BCUT2D eigenvalue weighted by Crippen LogP contribution is 1.94. The molecule has 0 radical (unpaired) electrons. The molecule has 0 fully saturated rings. The number of hydrogen-bond acceptors (Lipinski definition) is 4. The Hall–Kier alpha value is -1.46. The summed E-state index contributed by atoms with van der Waals surface area (Å²) in [4.78, 5) is 14.4. The molecule has 1 heterocycles. The van der Waals surface area contributed by atoms with Crippen LogP contribution >= 0.6 is 0 Å². The minimum absolute atomic E-state index is 0.226. The van der Waals surface area contributed by atoms with E-state index in [1.807, 2.05) is 18.2 Å². The third-order valence-electron chi connectivity index (χ3n) is 2.07. The van der Waals surface area contributed by atoms with Crippen LogP contribution in [0.25, 0.3) is 0 Å². The summed E-state index contributed by atoms with van der Waals surface area (Å²) < 4.78 is 0. The number of nitrogens with zero attached hydrogens (tertiary/aromatic N) is 1. The fraction of sp³-hybridized carbons (Fsp3) is 0.455. The number of carboxylic acids is 1. The highest BCUT2D eigenvalue weighted by molar-refractivity contribution is 5.67. The van der Waals surface area contributed by atoms with Crippen LogP contribution < -0.4 is 5.32 Å². The maximum Gasteiger partial charge on any atom is 0.306 e. The lowest BCUT2D eigenvalue weighted by Crippen LogP contribution is -2.30. The Morgan fingerprint density at radius 3 is 2.94 bits per heavy atom. The summed E-state index contributed by atoms with van der Waals surface area (Å²) in [5, 5.41) is 20.7. The summed E-state index contributed by atoms with van der Waals surface area (Å²) in [6.07, 6.45) is 1.44. The second-order valence-corrected chi connectivity index (χ2v) is 3.53. The molecule has 1 unspecified atom stereocenters. The normalized spacial score (nSPS) is 12.3. The Morgan fingerprint density at radius 2 is 2.31 bits per heavy atom. The molecule has 0 bridgehead atoms. The Labute approximate surface area is 94.1 Å². The molecule has 0 saturated heterocycles. The molecule has 1 aromatic rings. The lowest BCUT2D eigenvalue weighted by molar-refractivity contribution is -0.139. The van der Waals surface area contributed by atoms with E-state index in [1.54, 1.807) is 6.20 Å². The van der Waals surface area contributed by atoms with Gasteiger partial charge in [0.05, 0.1) is 12.5 Å². The largest absolute Gasteiger partial charge is 0.481 e. The first-order valence-electron chi connectivity index (χ1n) is 5.19. The minimum atomic E-state index is -0.987. The van der Waals surface area contributed by atoms with Crippen molar-refractivity contribution in [2.24, 2.45) is 0 Å². The molecule has 1 aromatic heterocycles. The van der Waals surface area contributed by atoms with Crippen LogP contribution in [-0.2, 0) is 11.2 Å². The van der Waals surface area contributed by atoms with E-state index < -0.39 is 12.1 Å². The van der Waals surface area contributed by atoms with Gasteiger partial charge < -0.3 is 15.5 Å². The third kappa shape index (κ3) is 5.43. The van der Waals surface area contributed by atoms with Gasteiger partial charge in [-0.15, -0.1) is 0 Å². The van der Waals surface area contributed by atoms with Gasteiger partial charge in [-0.25, -0.2) is 0 Å². The number of carboxylic acid groups (broad SMARTS) is 1. The molecule has 0 aliphatic rings. The van der Waals surface area contributed by atoms with Crippen molar-refractivity contribution in [3.8, 4) is 0 Å². The smallest absolute Gasteiger partial charge is 0.306 e. The molecule has 0 aliphatic carbocycles. The fourth-order valence-corrected chi connectivity index (χ4v) is 1.30. The molecule has 88 valence electrons. The van der Waals surface area contributed by atoms with Gasteiger partial charge in [0, 0.05) is 31.4 Å². The van der Waals surface area contributed by atoms with E-state index in [1.165, 1.54) is 0 Å². The van der Waals surface area contributed by atoms with Crippen molar-refractivity contribution in [2.45, 2.75) is 18.9 Å². The zero-order valence-corrected chi connectivity index (χ0v) is 8.97. The van der Waals surface area contributed by atoms with Gasteiger partial charge in [0.2, 0.25) is 0 Å². The molecule has 16 heavy (non-hydrogen) atoms. The van der Waals surface area contributed by atoms with E-state index in [4.69, 9.17) is 5.11 Å². The molecule has 1 atom stereocenters. The lowest BCUT2D eigenvalue weighted by Gasteiger charge is -2.09. The topological polar surface area (TPSA) is 82.5 Å². The van der Waals surface area contributed by atoms with Crippen molar-refractivity contribution < 1.29 is 15.0 Å². The zero-order chi connectivity index (χ0) is 11.8. The highest BCUT2D eigenvalue weighted by Gasteiger charge is 2.08.